The number of phenolic OH excluding ortho intramolecular Hbond substituents is 1. The third kappa shape index (κ3) is 4.23. The van der Waals surface area contributed by atoms with Gasteiger partial charge in [0.15, 0.2) is 11.5 Å². The van der Waals surface area contributed by atoms with E-state index in [0.29, 0.717) is 23.7 Å². The van der Waals surface area contributed by atoms with E-state index in [4.69, 9.17) is 21.1 Å². The van der Waals surface area contributed by atoms with Crippen LogP contribution in [0.5, 0.6) is 17.2 Å². The lowest BCUT2D eigenvalue weighted by atomic mass is 10.1. The van der Waals surface area contributed by atoms with Crippen LogP contribution in [0, 0.1) is 0 Å². The summed E-state index contributed by atoms with van der Waals surface area (Å²) in [5, 5.41) is 11.8. The molecule has 1 saturated heterocycles. The number of benzene rings is 2. The number of nitrogens with zero attached hydrogens (tertiary/aromatic N) is 1. The Morgan fingerprint density at radius 3 is 2.50 bits per heavy atom. The summed E-state index contributed by atoms with van der Waals surface area (Å²) in [6.07, 6.45) is 2.09. The third-order valence-corrected chi connectivity index (χ3v) is 4.50. The van der Waals surface area contributed by atoms with E-state index < -0.39 is 17.8 Å². The number of amides is 4. The van der Waals surface area contributed by atoms with Crippen molar-refractivity contribution in [2.24, 2.45) is 0 Å². The number of ether oxygens (including phenoxy) is 2. The number of halogens is 1. The van der Waals surface area contributed by atoms with Crippen molar-refractivity contribution < 1.29 is 29.0 Å². The number of nitrogens with one attached hydrogen (secondary N) is 1. The van der Waals surface area contributed by atoms with E-state index in [1.807, 2.05) is 6.92 Å². The number of anilines is 1. The number of carbonyl (C=O) groups is 3. The van der Waals surface area contributed by atoms with Crippen LogP contribution in [0.1, 0.15) is 18.9 Å². The predicted molar refractivity (Wildman–Crippen MR) is 111 cm³/mol. The van der Waals surface area contributed by atoms with Gasteiger partial charge in [-0.05, 0) is 54.5 Å². The molecule has 0 saturated carbocycles. The average molecular weight is 431 g/mol. The van der Waals surface area contributed by atoms with E-state index >= 15 is 0 Å². The highest BCUT2D eigenvalue weighted by Gasteiger charge is 2.36. The number of carbonyl (C=O) groups excluding carboxylic acids is 3. The third-order valence-electron chi connectivity index (χ3n) is 4.22. The van der Waals surface area contributed by atoms with E-state index in [1.165, 1.54) is 43.5 Å². The van der Waals surface area contributed by atoms with Crippen LogP contribution in [0.25, 0.3) is 6.08 Å². The second kappa shape index (κ2) is 8.87. The van der Waals surface area contributed by atoms with Gasteiger partial charge in [-0.3, -0.25) is 14.9 Å². The van der Waals surface area contributed by atoms with Crippen molar-refractivity contribution in [2.75, 3.05) is 18.6 Å². The van der Waals surface area contributed by atoms with Crippen LogP contribution in [-0.2, 0) is 9.59 Å². The number of aromatic hydroxyl groups is 1. The zero-order valence-corrected chi connectivity index (χ0v) is 17.0. The van der Waals surface area contributed by atoms with Gasteiger partial charge in [-0.25, -0.2) is 9.69 Å². The summed E-state index contributed by atoms with van der Waals surface area (Å²) in [6, 6.07) is 7.66. The molecule has 1 aliphatic heterocycles. The van der Waals surface area contributed by atoms with Gasteiger partial charge in [0, 0.05) is 0 Å². The van der Waals surface area contributed by atoms with Crippen LogP contribution < -0.4 is 19.7 Å². The monoisotopic (exact) mass is 430 g/mol. The number of rotatable bonds is 6. The summed E-state index contributed by atoms with van der Waals surface area (Å²) in [6.45, 7) is 2.40. The largest absolute Gasteiger partial charge is 0.508 e. The molecule has 9 heteroatoms. The summed E-state index contributed by atoms with van der Waals surface area (Å²) < 4.78 is 10.9. The fourth-order valence-corrected chi connectivity index (χ4v) is 3.10. The number of imide groups is 2. The van der Waals surface area contributed by atoms with Crippen molar-refractivity contribution >= 4 is 41.2 Å². The summed E-state index contributed by atoms with van der Waals surface area (Å²) in [4.78, 5) is 38.3. The average Bonchev–Trinajstić information content (AvgIpc) is 2.71. The lowest BCUT2D eigenvalue weighted by molar-refractivity contribution is -0.122. The first-order valence-corrected chi connectivity index (χ1v) is 9.44. The summed E-state index contributed by atoms with van der Waals surface area (Å²) in [5.41, 5.74) is 0.356. The highest BCUT2D eigenvalue weighted by molar-refractivity contribution is 6.39. The molecule has 0 aliphatic carbocycles. The zero-order valence-electron chi connectivity index (χ0n) is 16.3. The Balaban J connectivity index is 2.00. The van der Waals surface area contributed by atoms with Crippen LogP contribution in [0.2, 0.25) is 5.02 Å². The molecule has 30 heavy (non-hydrogen) atoms. The second-order valence-electron chi connectivity index (χ2n) is 6.36. The maximum absolute atomic E-state index is 12.9. The van der Waals surface area contributed by atoms with E-state index in [0.717, 1.165) is 11.3 Å². The molecule has 156 valence electrons. The van der Waals surface area contributed by atoms with Gasteiger partial charge >= 0.3 is 6.03 Å². The van der Waals surface area contributed by atoms with Crippen LogP contribution in [-0.4, -0.2) is 36.7 Å². The topological polar surface area (TPSA) is 105 Å². The van der Waals surface area contributed by atoms with Crippen molar-refractivity contribution in [3.8, 4) is 17.2 Å². The van der Waals surface area contributed by atoms with Crippen LogP contribution in [0.4, 0.5) is 10.5 Å². The number of hydrogen-bond acceptors (Lipinski definition) is 6. The first-order chi connectivity index (χ1) is 14.3. The molecule has 3 rings (SSSR count). The molecule has 4 amide bonds. The van der Waals surface area contributed by atoms with E-state index in [-0.39, 0.29) is 22.0 Å². The quantitative estimate of drug-likeness (QED) is 0.536. The standard InChI is InChI=1S/C21H19ClN2O6/c1-3-8-30-18-16(22)10-12(11-17(18)29-2)9-15-19(26)23-21(28)24(20(15)27)13-4-6-14(25)7-5-13/h4-7,9-11,25H,3,8H2,1-2H3,(H,23,26,28)/b15-9+. The molecule has 0 bridgehead atoms. The zero-order chi connectivity index (χ0) is 21.8. The molecule has 1 aliphatic rings. The first kappa shape index (κ1) is 21.2. The van der Waals surface area contributed by atoms with Crippen LogP contribution in [0.3, 0.4) is 0 Å². The Hall–Kier alpha value is -3.52. The van der Waals surface area contributed by atoms with E-state index in [2.05, 4.69) is 5.32 Å². The number of barbiturate groups is 1. The SMILES string of the molecule is CCCOc1c(Cl)cc(/C=C2\C(=O)NC(=O)N(c3ccc(O)cc3)C2=O)cc1OC. The van der Waals surface area contributed by atoms with Crippen molar-refractivity contribution in [1.29, 1.82) is 0 Å². The molecule has 2 N–H and O–H groups in total. The van der Waals surface area contributed by atoms with Crippen molar-refractivity contribution in [3.63, 3.8) is 0 Å². The molecule has 2 aromatic carbocycles. The van der Waals surface area contributed by atoms with Gasteiger partial charge in [-0.1, -0.05) is 18.5 Å². The van der Waals surface area contributed by atoms with Crippen molar-refractivity contribution in [1.82, 2.24) is 5.32 Å². The molecule has 0 radical (unpaired) electrons. The van der Waals surface area contributed by atoms with Gasteiger partial charge in [0.2, 0.25) is 0 Å². The minimum absolute atomic E-state index is 0.0254. The Bertz CT molecular complexity index is 1030. The maximum Gasteiger partial charge on any atom is 0.335 e. The number of methoxy groups -OCH3 is 1. The lowest BCUT2D eigenvalue weighted by Crippen LogP contribution is -2.54. The van der Waals surface area contributed by atoms with Gasteiger partial charge in [-0.2, -0.15) is 0 Å². The molecular formula is C21H19ClN2O6. The molecular weight excluding hydrogens is 412 g/mol. The first-order valence-electron chi connectivity index (χ1n) is 9.06. The maximum atomic E-state index is 12.9. The highest BCUT2D eigenvalue weighted by Crippen LogP contribution is 2.37. The number of phenols is 1. The highest BCUT2D eigenvalue weighted by atomic mass is 35.5. The fraction of sp³-hybridized carbons (Fsp3) is 0.190. The normalized spacial score (nSPS) is 15.4. The molecule has 0 atom stereocenters. The smallest absolute Gasteiger partial charge is 0.335 e. The molecule has 0 spiro atoms. The van der Waals surface area contributed by atoms with Gasteiger partial charge in [0.05, 0.1) is 24.4 Å². The summed E-state index contributed by atoms with van der Waals surface area (Å²) >= 11 is 6.29. The van der Waals surface area contributed by atoms with Crippen molar-refractivity contribution in [3.05, 3.63) is 52.6 Å². The Morgan fingerprint density at radius 1 is 1.17 bits per heavy atom. The summed E-state index contributed by atoms with van der Waals surface area (Å²) in [7, 11) is 1.45. The van der Waals surface area contributed by atoms with E-state index in [9.17, 15) is 19.5 Å². The molecule has 0 unspecified atom stereocenters. The molecule has 1 heterocycles. The number of urea groups is 1. The minimum Gasteiger partial charge on any atom is -0.508 e. The molecule has 0 aromatic heterocycles. The fourth-order valence-electron chi connectivity index (χ4n) is 2.83. The molecule has 1 fully saturated rings. The van der Waals surface area contributed by atoms with Gasteiger partial charge in [0.25, 0.3) is 11.8 Å². The molecule has 2 aromatic rings. The van der Waals surface area contributed by atoms with Gasteiger partial charge in [-0.15, -0.1) is 0 Å². The lowest BCUT2D eigenvalue weighted by Gasteiger charge is -2.26. The Kier molecular flexibility index (Phi) is 6.27. The van der Waals surface area contributed by atoms with Crippen molar-refractivity contribution in [2.45, 2.75) is 13.3 Å². The van der Waals surface area contributed by atoms with Gasteiger partial charge < -0.3 is 14.6 Å². The number of hydrogen-bond donors (Lipinski definition) is 2. The second-order valence-corrected chi connectivity index (χ2v) is 6.76. The minimum atomic E-state index is -0.883. The summed E-state index contributed by atoms with van der Waals surface area (Å²) in [5.74, 6) is -0.957. The predicted octanol–water partition coefficient (Wildman–Crippen LogP) is 3.51. The van der Waals surface area contributed by atoms with Gasteiger partial charge in [0.1, 0.15) is 11.3 Å². The molecule has 8 nitrogen and oxygen atoms in total. The van der Waals surface area contributed by atoms with Crippen LogP contribution in [0.15, 0.2) is 42.0 Å². The Morgan fingerprint density at radius 2 is 1.87 bits per heavy atom. The van der Waals surface area contributed by atoms with Crippen LogP contribution >= 0.6 is 11.6 Å². The van der Waals surface area contributed by atoms with E-state index in [1.54, 1.807) is 6.07 Å². The Labute approximate surface area is 177 Å².